The molecule has 0 spiro atoms. The highest BCUT2D eigenvalue weighted by atomic mass is 32.2. The van der Waals surface area contributed by atoms with Gasteiger partial charge in [0.1, 0.15) is 6.10 Å². The predicted octanol–water partition coefficient (Wildman–Crippen LogP) is 3.59. The van der Waals surface area contributed by atoms with E-state index in [0.717, 1.165) is 5.56 Å². The molecule has 2 aliphatic rings. The number of hydrogen-bond donors (Lipinski definition) is 0. The topological polar surface area (TPSA) is 63.7 Å². The fourth-order valence-corrected chi connectivity index (χ4v) is 5.09. The van der Waals surface area contributed by atoms with Crippen LogP contribution in [0.4, 0.5) is 0 Å². The molecule has 5 nitrogen and oxygen atoms in total. The van der Waals surface area contributed by atoms with Gasteiger partial charge in [-0.25, -0.2) is 13.2 Å². The Bertz CT molecular complexity index is 808. The first-order valence-electron chi connectivity index (χ1n) is 9.65. The minimum absolute atomic E-state index is 0.244. The van der Waals surface area contributed by atoms with Crippen LogP contribution in [0, 0.1) is 12.8 Å². The molecule has 0 aromatic heterocycles. The summed E-state index contributed by atoms with van der Waals surface area (Å²) in [4.78, 5) is 12.2. The maximum absolute atomic E-state index is 12.7. The lowest BCUT2D eigenvalue weighted by Gasteiger charge is -2.30. The summed E-state index contributed by atoms with van der Waals surface area (Å²) in [5.41, 5.74) is 3.97. The monoisotopic (exact) mass is 389 g/mol. The first-order chi connectivity index (χ1) is 12.9. The minimum Gasteiger partial charge on any atom is -0.459 e. The highest BCUT2D eigenvalue weighted by Gasteiger charge is 2.30. The quantitative estimate of drug-likeness (QED) is 0.439. The highest BCUT2D eigenvalue weighted by molar-refractivity contribution is 7.89. The molecule has 0 amide bonds. The van der Waals surface area contributed by atoms with Crippen molar-refractivity contribution in [3.8, 4) is 0 Å². The van der Waals surface area contributed by atoms with E-state index in [-0.39, 0.29) is 6.10 Å². The van der Waals surface area contributed by atoms with E-state index >= 15 is 0 Å². The van der Waals surface area contributed by atoms with Gasteiger partial charge in [0, 0.05) is 13.1 Å². The molecule has 1 aliphatic carbocycles. The van der Waals surface area contributed by atoms with Crippen molar-refractivity contribution < 1.29 is 17.9 Å². The lowest BCUT2D eigenvalue weighted by Crippen LogP contribution is -2.41. The molecule has 3 rings (SSSR count). The maximum atomic E-state index is 12.7. The van der Waals surface area contributed by atoms with Crippen molar-refractivity contribution in [3.63, 3.8) is 0 Å². The molecule has 0 atom stereocenters. The van der Waals surface area contributed by atoms with Crippen molar-refractivity contribution in [1.29, 1.82) is 0 Å². The average molecular weight is 390 g/mol. The number of carbonyl (C=O) groups is 1. The van der Waals surface area contributed by atoms with Gasteiger partial charge in [-0.2, -0.15) is 4.31 Å². The molecule has 1 saturated heterocycles. The molecule has 0 N–H and O–H groups in total. The van der Waals surface area contributed by atoms with Crippen LogP contribution in [-0.2, 0) is 19.6 Å². The molecule has 27 heavy (non-hydrogen) atoms. The fraction of sp³-hybridized carbons (Fsp3) is 0.524. The van der Waals surface area contributed by atoms with Gasteiger partial charge in [-0.15, -0.1) is 5.73 Å². The van der Waals surface area contributed by atoms with Crippen LogP contribution in [0.15, 0.2) is 47.0 Å². The number of aryl methyl sites for hydroxylation is 1. The van der Waals surface area contributed by atoms with Gasteiger partial charge in [-0.1, -0.05) is 30.5 Å². The molecule has 1 aromatic rings. The van der Waals surface area contributed by atoms with Gasteiger partial charge < -0.3 is 4.74 Å². The van der Waals surface area contributed by atoms with E-state index in [1.807, 2.05) is 13.0 Å². The van der Waals surface area contributed by atoms with E-state index in [0.29, 0.717) is 36.7 Å². The van der Waals surface area contributed by atoms with Crippen molar-refractivity contribution in [2.45, 2.75) is 56.4 Å². The molecular weight excluding hydrogens is 362 g/mol. The summed E-state index contributed by atoms with van der Waals surface area (Å²) in [5.74, 6) is 0.133. The number of rotatable bonds is 5. The maximum Gasteiger partial charge on any atom is 0.338 e. The average Bonchev–Trinajstić information content (AvgIpc) is 3.16. The van der Waals surface area contributed by atoms with Crippen LogP contribution < -0.4 is 0 Å². The summed E-state index contributed by atoms with van der Waals surface area (Å²) in [5, 5.41) is 0. The van der Waals surface area contributed by atoms with Crippen LogP contribution in [0.3, 0.4) is 0 Å². The van der Waals surface area contributed by atoms with Crippen LogP contribution in [0.1, 0.15) is 44.1 Å². The normalized spacial score (nSPS) is 19.4. The Balaban J connectivity index is 1.50. The largest absolute Gasteiger partial charge is 0.459 e. The third kappa shape index (κ3) is 5.32. The Hall–Kier alpha value is -1.88. The predicted molar refractivity (Wildman–Crippen MR) is 104 cm³/mol. The lowest BCUT2D eigenvalue weighted by molar-refractivity contribution is -0.144. The van der Waals surface area contributed by atoms with Gasteiger partial charge in [0.25, 0.3) is 0 Å². The van der Waals surface area contributed by atoms with Gasteiger partial charge >= 0.3 is 5.97 Å². The van der Waals surface area contributed by atoms with Gasteiger partial charge in [0.15, 0.2) is 0 Å². The number of ether oxygens (including phenoxy) is 1. The number of sulfonamides is 1. The summed E-state index contributed by atoms with van der Waals surface area (Å²) >= 11 is 0. The van der Waals surface area contributed by atoms with Crippen molar-refractivity contribution in [1.82, 2.24) is 4.31 Å². The first kappa shape index (κ1) is 19.9. The second kappa shape index (κ2) is 8.87. The summed E-state index contributed by atoms with van der Waals surface area (Å²) in [6.07, 6.45) is 8.93. The van der Waals surface area contributed by atoms with Crippen LogP contribution in [0.5, 0.6) is 0 Å². The Labute approximate surface area is 161 Å². The van der Waals surface area contributed by atoms with Gasteiger partial charge in [-0.3, -0.25) is 0 Å². The van der Waals surface area contributed by atoms with E-state index in [9.17, 15) is 13.2 Å². The Morgan fingerprint density at radius 2 is 1.74 bits per heavy atom. The summed E-state index contributed by atoms with van der Waals surface area (Å²) in [7, 11) is -3.49. The zero-order valence-corrected chi connectivity index (χ0v) is 16.6. The number of hydrogen-bond acceptors (Lipinski definition) is 4. The molecule has 0 bridgehead atoms. The summed E-state index contributed by atoms with van der Waals surface area (Å²) in [6, 6.07) is 6.87. The Morgan fingerprint density at radius 1 is 1.11 bits per heavy atom. The Kier molecular flexibility index (Phi) is 6.53. The standard InChI is InChI=1S/C21H27NO4S/c1-17-9-11-20(12-10-17)27(24,25)22-15-13-19(14-16-22)26-21(23)8-4-7-18-5-2-3-6-18/h7-12,18-19H,2-3,5-6,13-16H2,1H3. The van der Waals surface area contributed by atoms with E-state index in [1.165, 1.54) is 36.1 Å². The molecule has 1 saturated carbocycles. The van der Waals surface area contributed by atoms with E-state index in [2.05, 4.69) is 5.73 Å². The molecule has 0 unspecified atom stereocenters. The van der Waals surface area contributed by atoms with Crippen molar-refractivity contribution >= 4 is 16.0 Å². The molecule has 1 aliphatic heterocycles. The Morgan fingerprint density at radius 3 is 2.37 bits per heavy atom. The first-order valence-corrected chi connectivity index (χ1v) is 11.1. The molecular formula is C21H27NO4S. The second-order valence-corrected chi connectivity index (χ2v) is 9.31. The van der Waals surface area contributed by atoms with Gasteiger partial charge in [-0.05, 0) is 56.7 Å². The van der Waals surface area contributed by atoms with E-state index in [1.54, 1.807) is 24.3 Å². The lowest BCUT2D eigenvalue weighted by atomic mass is 10.1. The number of benzene rings is 1. The van der Waals surface area contributed by atoms with Crippen LogP contribution in [-0.4, -0.2) is 37.9 Å². The van der Waals surface area contributed by atoms with Crippen molar-refractivity contribution in [2.75, 3.05) is 13.1 Å². The van der Waals surface area contributed by atoms with Gasteiger partial charge in [0.2, 0.25) is 10.0 Å². The molecule has 2 fully saturated rings. The van der Waals surface area contributed by atoms with Crippen molar-refractivity contribution in [2.24, 2.45) is 5.92 Å². The number of piperidine rings is 1. The fourth-order valence-electron chi connectivity index (χ4n) is 3.62. The van der Waals surface area contributed by atoms with Gasteiger partial charge in [0.05, 0.1) is 11.0 Å². The SMILES string of the molecule is Cc1ccc(S(=O)(=O)N2CCC(OC(=O)C=C=CC3CCCC3)CC2)cc1. The highest BCUT2D eigenvalue weighted by Crippen LogP contribution is 2.25. The zero-order valence-electron chi connectivity index (χ0n) is 15.8. The molecule has 1 aromatic carbocycles. The minimum atomic E-state index is -3.49. The third-order valence-corrected chi connectivity index (χ3v) is 7.19. The van der Waals surface area contributed by atoms with Crippen LogP contribution in [0.25, 0.3) is 0 Å². The third-order valence-electron chi connectivity index (χ3n) is 5.28. The number of esters is 1. The van der Waals surface area contributed by atoms with E-state index in [4.69, 9.17) is 4.74 Å². The summed E-state index contributed by atoms with van der Waals surface area (Å²) in [6.45, 7) is 2.64. The van der Waals surface area contributed by atoms with Crippen molar-refractivity contribution in [3.05, 3.63) is 47.7 Å². The van der Waals surface area contributed by atoms with E-state index < -0.39 is 16.0 Å². The number of carbonyl (C=O) groups excluding carboxylic acids is 1. The van der Waals surface area contributed by atoms with Crippen LogP contribution >= 0.6 is 0 Å². The summed E-state index contributed by atoms with van der Waals surface area (Å²) < 4.78 is 32.3. The molecule has 6 heteroatoms. The second-order valence-electron chi connectivity index (χ2n) is 7.38. The molecule has 1 heterocycles. The molecule has 0 radical (unpaired) electrons. The zero-order chi connectivity index (χ0) is 19.3. The van der Waals surface area contributed by atoms with Crippen LogP contribution in [0.2, 0.25) is 0 Å². The number of nitrogens with zero attached hydrogens (tertiary/aromatic N) is 1. The molecule has 146 valence electrons. The smallest absolute Gasteiger partial charge is 0.338 e.